The van der Waals surface area contributed by atoms with Crippen molar-refractivity contribution in [1.82, 2.24) is 0 Å². The minimum atomic E-state index is 1.28. The lowest BCUT2D eigenvalue weighted by Gasteiger charge is -2.34. The predicted molar refractivity (Wildman–Crippen MR) is 99.9 cm³/mol. The van der Waals surface area contributed by atoms with Crippen LogP contribution in [0.3, 0.4) is 0 Å². The Morgan fingerprint density at radius 2 is 0.619 bits per heavy atom. The average molecular weight is 301 g/mol. The molecule has 1 nitrogen and oxygen atoms in total. The molecule has 0 bridgehead atoms. The third-order valence-electron chi connectivity index (χ3n) is 5.14. The molecular weight excluding hydrogens is 254 g/mol. The van der Waals surface area contributed by atoms with Crippen LogP contribution in [0.2, 0.25) is 0 Å². The molecule has 0 fully saturated rings. The fourth-order valence-electron chi connectivity index (χ4n) is 2.90. The Bertz CT molecular complexity index is 145. The number of quaternary nitrogens is 1. The summed E-state index contributed by atoms with van der Waals surface area (Å²) in [7, 11) is 0. The second kappa shape index (κ2) is 18.0. The molecule has 0 aromatic heterocycles. The van der Waals surface area contributed by atoms with E-state index >= 15 is 0 Å². The van der Waals surface area contributed by atoms with E-state index in [0.717, 1.165) is 0 Å². The molecule has 0 heterocycles. The van der Waals surface area contributed by atoms with Crippen LogP contribution in [0.5, 0.6) is 0 Å². The highest BCUT2D eigenvalue weighted by Gasteiger charge is 2.16. The van der Waals surface area contributed by atoms with E-state index in [1.54, 1.807) is 0 Å². The zero-order valence-electron chi connectivity index (χ0n) is 16.3. The molecule has 0 atom stereocenters. The van der Waals surface area contributed by atoms with Gasteiger partial charge in [0.1, 0.15) is 0 Å². The van der Waals surface area contributed by atoms with Crippen molar-refractivity contribution in [2.24, 2.45) is 0 Å². The maximum absolute atomic E-state index is 2.28. The number of unbranched alkanes of at least 4 members (excludes halogenated alkanes) is 9. The van der Waals surface area contributed by atoms with E-state index in [2.05, 4.69) is 41.5 Å². The van der Waals surface area contributed by atoms with E-state index in [-0.39, 0.29) is 0 Å². The molecule has 0 unspecified atom stereocenters. The fraction of sp³-hybridized carbons (Fsp3) is 1.00. The standard InChI is InChI=1S/C12H26.C8H20N/c1-3-5-7-9-11-12-10-8-6-4-2;1-5-9(6-2,7-3)8-4/h3-12H2,1-2H3;5-8H2,1-4H3/q;+1. The van der Waals surface area contributed by atoms with Crippen LogP contribution in [-0.2, 0) is 0 Å². The van der Waals surface area contributed by atoms with Crippen LogP contribution >= 0.6 is 0 Å². The van der Waals surface area contributed by atoms with E-state index in [1.807, 2.05) is 0 Å². The third-order valence-corrected chi connectivity index (χ3v) is 5.14. The monoisotopic (exact) mass is 300 g/mol. The number of hydrogen-bond acceptors (Lipinski definition) is 0. The molecule has 0 saturated heterocycles. The van der Waals surface area contributed by atoms with Gasteiger partial charge in [-0.15, -0.1) is 0 Å². The Kier molecular flexibility index (Phi) is 19.9. The van der Waals surface area contributed by atoms with Gasteiger partial charge in [0.25, 0.3) is 0 Å². The van der Waals surface area contributed by atoms with Crippen molar-refractivity contribution in [3.8, 4) is 0 Å². The quantitative estimate of drug-likeness (QED) is 0.259. The lowest BCUT2D eigenvalue weighted by atomic mass is 10.1. The van der Waals surface area contributed by atoms with Crippen LogP contribution in [0.15, 0.2) is 0 Å². The maximum atomic E-state index is 2.28. The second-order valence-corrected chi connectivity index (χ2v) is 6.43. The third kappa shape index (κ3) is 14.7. The van der Waals surface area contributed by atoms with Gasteiger partial charge < -0.3 is 4.48 Å². The van der Waals surface area contributed by atoms with Crippen molar-refractivity contribution in [1.29, 1.82) is 0 Å². The SMILES string of the molecule is CCCCCCCCCCCC.CC[N+](CC)(CC)CC. The Balaban J connectivity index is 0. The van der Waals surface area contributed by atoms with E-state index in [0.29, 0.717) is 0 Å². The summed E-state index contributed by atoms with van der Waals surface area (Å²) in [5.41, 5.74) is 0. The van der Waals surface area contributed by atoms with Gasteiger partial charge in [-0.25, -0.2) is 0 Å². The molecule has 21 heavy (non-hydrogen) atoms. The van der Waals surface area contributed by atoms with E-state index in [4.69, 9.17) is 0 Å². The number of nitrogens with zero attached hydrogens (tertiary/aromatic N) is 1. The van der Waals surface area contributed by atoms with Gasteiger partial charge in [-0.3, -0.25) is 0 Å². The summed E-state index contributed by atoms with van der Waals surface area (Å²) >= 11 is 0. The molecule has 0 aromatic rings. The summed E-state index contributed by atoms with van der Waals surface area (Å²) in [6, 6.07) is 0. The second-order valence-electron chi connectivity index (χ2n) is 6.43. The van der Waals surface area contributed by atoms with Crippen LogP contribution < -0.4 is 0 Å². The first-order chi connectivity index (χ1) is 10.2. The van der Waals surface area contributed by atoms with Gasteiger partial charge in [0.05, 0.1) is 26.2 Å². The lowest BCUT2D eigenvalue weighted by molar-refractivity contribution is -0.921. The minimum absolute atomic E-state index is 1.28. The van der Waals surface area contributed by atoms with E-state index in [9.17, 15) is 0 Å². The summed E-state index contributed by atoms with van der Waals surface area (Å²) in [5, 5.41) is 0. The number of hydrogen-bond donors (Lipinski definition) is 0. The molecule has 0 aromatic carbocycles. The summed E-state index contributed by atoms with van der Waals surface area (Å²) in [5.74, 6) is 0. The van der Waals surface area contributed by atoms with E-state index in [1.165, 1.54) is 94.9 Å². The van der Waals surface area contributed by atoms with Gasteiger partial charge in [0.15, 0.2) is 0 Å². The van der Waals surface area contributed by atoms with Gasteiger partial charge >= 0.3 is 0 Å². The zero-order chi connectivity index (χ0) is 16.4. The Hall–Kier alpha value is -0.0400. The molecule has 0 radical (unpaired) electrons. The molecule has 1 heteroatoms. The van der Waals surface area contributed by atoms with Crippen molar-refractivity contribution in [3.63, 3.8) is 0 Å². The maximum Gasteiger partial charge on any atom is 0.0757 e. The molecule has 0 N–H and O–H groups in total. The molecule has 0 aliphatic rings. The Morgan fingerprint density at radius 1 is 0.381 bits per heavy atom. The predicted octanol–water partition coefficient (Wildman–Crippen LogP) is 6.81. The van der Waals surface area contributed by atoms with Crippen LogP contribution in [-0.4, -0.2) is 30.7 Å². The number of rotatable bonds is 13. The highest BCUT2D eigenvalue weighted by molar-refractivity contribution is 4.45. The van der Waals surface area contributed by atoms with Gasteiger partial charge in [0.2, 0.25) is 0 Å². The highest BCUT2D eigenvalue weighted by atomic mass is 15.3. The van der Waals surface area contributed by atoms with Crippen molar-refractivity contribution in [2.45, 2.75) is 106 Å². The first-order valence-electron chi connectivity index (χ1n) is 10.0. The molecule has 0 spiro atoms. The van der Waals surface area contributed by atoms with Gasteiger partial charge in [0, 0.05) is 0 Å². The summed E-state index contributed by atoms with van der Waals surface area (Å²) < 4.78 is 1.28. The van der Waals surface area contributed by atoms with E-state index < -0.39 is 0 Å². The molecular formula is C20H46N+. The van der Waals surface area contributed by atoms with Crippen LogP contribution in [0, 0.1) is 0 Å². The topological polar surface area (TPSA) is 0 Å². The Labute approximate surface area is 137 Å². The van der Waals surface area contributed by atoms with Crippen molar-refractivity contribution in [2.75, 3.05) is 26.2 Å². The molecule has 0 amide bonds. The smallest absolute Gasteiger partial charge is 0.0757 e. The van der Waals surface area contributed by atoms with Crippen LogP contribution in [0.1, 0.15) is 106 Å². The zero-order valence-corrected chi connectivity index (χ0v) is 16.3. The summed E-state index contributed by atoms with van der Waals surface area (Å²) in [4.78, 5) is 0. The lowest BCUT2D eigenvalue weighted by Crippen LogP contribution is -2.47. The molecule has 0 aliphatic heterocycles. The fourth-order valence-corrected chi connectivity index (χ4v) is 2.90. The van der Waals surface area contributed by atoms with Crippen LogP contribution in [0.25, 0.3) is 0 Å². The minimum Gasteiger partial charge on any atom is -0.325 e. The van der Waals surface area contributed by atoms with Gasteiger partial charge in [-0.05, 0) is 27.7 Å². The highest BCUT2D eigenvalue weighted by Crippen LogP contribution is 2.09. The molecule has 0 rings (SSSR count). The molecule has 0 saturated carbocycles. The average Bonchev–Trinajstić information content (AvgIpc) is 2.53. The van der Waals surface area contributed by atoms with Crippen molar-refractivity contribution < 1.29 is 4.48 Å². The first kappa shape index (κ1) is 23.2. The molecule has 0 aliphatic carbocycles. The Morgan fingerprint density at radius 3 is 0.762 bits per heavy atom. The van der Waals surface area contributed by atoms with Crippen molar-refractivity contribution >= 4 is 0 Å². The summed E-state index contributed by atoms with van der Waals surface area (Å²) in [6.45, 7) is 18.8. The normalized spacial score (nSPS) is 11.1. The molecule has 130 valence electrons. The van der Waals surface area contributed by atoms with Crippen LogP contribution in [0.4, 0.5) is 0 Å². The first-order valence-corrected chi connectivity index (χ1v) is 10.0. The van der Waals surface area contributed by atoms with Gasteiger partial charge in [-0.2, -0.15) is 0 Å². The van der Waals surface area contributed by atoms with Crippen molar-refractivity contribution in [3.05, 3.63) is 0 Å². The largest absolute Gasteiger partial charge is 0.325 e. The van der Waals surface area contributed by atoms with Gasteiger partial charge in [-0.1, -0.05) is 78.1 Å². The summed E-state index contributed by atoms with van der Waals surface area (Å²) in [6.07, 6.45) is 14.4.